The molecule has 6 nitrogen and oxygen atoms in total. The zero-order valence-corrected chi connectivity index (χ0v) is 16.0. The fourth-order valence-corrected chi connectivity index (χ4v) is 2.34. The fraction of sp³-hybridized carbons (Fsp3) is 0.381. The number of carbonyl (C=O) groups excluding carboxylic acids is 1. The smallest absolute Gasteiger partial charge is 0.243 e. The first-order valence-corrected chi connectivity index (χ1v) is 9.20. The van der Waals surface area contributed by atoms with Gasteiger partial charge in [0.05, 0.1) is 25.4 Å². The summed E-state index contributed by atoms with van der Waals surface area (Å²) in [5, 5.41) is 5.99. The monoisotopic (exact) mass is 372 g/mol. The minimum atomic E-state index is -0.146. The number of para-hydroxylation sites is 2. The Morgan fingerprint density at radius 1 is 1.00 bits per heavy atom. The highest BCUT2D eigenvalue weighted by Gasteiger charge is 2.08. The van der Waals surface area contributed by atoms with E-state index in [0.717, 1.165) is 24.3 Å². The highest BCUT2D eigenvalue weighted by molar-refractivity contribution is 5.95. The van der Waals surface area contributed by atoms with E-state index in [-0.39, 0.29) is 12.5 Å². The summed E-state index contributed by atoms with van der Waals surface area (Å²) in [6.07, 6.45) is 2.04. The van der Waals surface area contributed by atoms with Crippen molar-refractivity contribution in [3.8, 4) is 11.5 Å². The molecule has 0 aliphatic heterocycles. The molecule has 2 aromatic carbocycles. The van der Waals surface area contributed by atoms with E-state index in [0.29, 0.717) is 31.3 Å². The molecule has 0 aliphatic rings. The third-order valence-electron chi connectivity index (χ3n) is 3.76. The Morgan fingerprint density at radius 2 is 1.85 bits per heavy atom. The largest absolute Gasteiger partial charge is 0.491 e. The van der Waals surface area contributed by atoms with E-state index in [4.69, 9.17) is 14.2 Å². The van der Waals surface area contributed by atoms with Gasteiger partial charge in [-0.25, -0.2) is 0 Å². The number of carbonyl (C=O) groups is 1. The Balaban J connectivity index is 1.85. The summed E-state index contributed by atoms with van der Waals surface area (Å²) in [5.74, 6) is 1.27. The van der Waals surface area contributed by atoms with Gasteiger partial charge in [-0.3, -0.25) is 4.79 Å². The summed E-state index contributed by atoms with van der Waals surface area (Å²) in [6, 6.07) is 14.9. The Hall–Kier alpha value is -2.73. The van der Waals surface area contributed by atoms with Gasteiger partial charge in [-0.05, 0) is 30.7 Å². The van der Waals surface area contributed by atoms with Crippen LogP contribution in [0.2, 0.25) is 0 Å². The Morgan fingerprint density at radius 3 is 2.67 bits per heavy atom. The maximum Gasteiger partial charge on any atom is 0.243 e. The molecule has 146 valence electrons. The summed E-state index contributed by atoms with van der Waals surface area (Å²) in [6.45, 7) is 3.90. The lowest BCUT2D eigenvalue weighted by molar-refractivity contribution is -0.114. The molecule has 0 saturated heterocycles. The molecule has 0 spiro atoms. The van der Waals surface area contributed by atoms with Gasteiger partial charge in [-0.1, -0.05) is 31.5 Å². The Labute approximate surface area is 160 Å². The first-order chi connectivity index (χ1) is 13.2. The highest BCUT2D eigenvalue weighted by Crippen LogP contribution is 2.24. The van der Waals surface area contributed by atoms with Gasteiger partial charge in [0.1, 0.15) is 18.1 Å². The van der Waals surface area contributed by atoms with Crippen LogP contribution in [0.3, 0.4) is 0 Å². The van der Waals surface area contributed by atoms with E-state index in [1.165, 1.54) is 0 Å². The minimum absolute atomic E-state index is 0.144. The number of unbranched alkanes of at least 4 members (excludes halogenated alkanes) is 1. The lowest BCUT2D eigenvalue weighted by atomic mass is 10.2. The van der Waals surface area contributed by atoms with E-state index in [1.807, 2.05) is 48.5 Å². The second kappa shape index (κ2) is 11.8. The molecule has 2 rings (SSSR count). The van der Waals surface area contributed by atoms with E-state index < -0.39 is 0 Å². The van der Waals surface area contributed by atoms with Crippen LogP contribution in [-0.4, -0.2) is 39.4 Å². The van der Waals surface area contributed by atoms with E-state index in [9.17, 15) is 4.79 Å². The van der Waals surface area contributed by atoms with Crippen molar-refractivity contribution in [2.24, 2.45) is 0 Å². The molecule has 0 heterocycles. The lowest BCUT2D eigenvalue weighted by Gasteiger charge is -2.13. The van der Waals surface area contributed by atoms with Crippen molar-refractivity contribution in [3.05, 3.63) is 48.5 Å². The minimum Gasteiger partial charge on any atom is -0.491 e. The average Bonchev–Trinajstić information content (AvgIpc) is 2.68. The van der Waals surface area contributed by atoms with Crippen LogP contribution in [-0.2, 0) is 9.53 Å². The molecule has 0 aliphatic carbocycles. The molecular formula is C21H28N2O4. The number of nitrogens with one attached hydrogen (secondary N) is 2. The molecule has 27 heavy (non-hydrogen) atoms. The van der Waals surface area contributed by atoms with E-state index in [2.05, 4.69) is 17.6 Å². The van der Waals surface area contributed by atoms with E-state index in [1.54, 1.807) is 7.11 Å². The third-order valence-corrected chi connectivity index (χ3v) is 3.76. The van der Waals surface area contributed by atoms with Crippen molar-refractivity contribution in [1.29, 1.82) is 0 Å². The SMILES string of the molecule is CCCCOc1ccccc1NC(=O)CNc1cccc(OCCOC)c1. The molecule has 6 heteroatoms. The molecule has 2 N–H and O–H groups in total. The van der Waals surface area contributed by atoms with Gasteiger partial charge >= 0.3 is 0 Å². The van der Waals surface area contributed by atoms with Gasteiger partial charge < -0.3 is 24.8 Å². The summed E-state index contributed by atoms with van der Waals surface area (Å²) >= 11 is 0. The van der Waals surface area contributed by atoms with Crippen molar-refractivity contribution in [2.75, 3.05) is 44.1 Å². The molecule has 0 unspecified atom stereocenters. The van der Waals surface area contributed by atoms with Crippen molar-refractivity contribution in [1.82, 2.24) is 0 Å². The number of rotatable bonds is 12. The average molecular weight is 372 g/mol. The second-order valence-electron chi connectivity index (χ2n) is 5.97. The molecule has 0 saturated carbocycles. The van der Waals surface area contributed by atoms with Crippen LogP contribution >= 0.6 is 0 Å². The molecule has 0 atom stereocenters. The van der Waals surface area contributed by atoms with Crippen molar-refractivity contribution in [3.63, 3.8) is 0 Å². The van der Waals surface area contributed by atoms with Gasteiger partial charge in [0.15, 0.2) is 0 Å². The van der Waals surface area contributed by atoms with Gasteiger partial charge in [-0.2, -0.15) is 0 Å². The molecule has 0 radical (unpaired) electrons. The van der Waals surface area contributed by atoms with Gasteiger partial charge in [0.2, 0.25) is 5.91 Å². The number of hydrogen-bond acceptors (Lipinski definition) is 5. The van der Waals surface area contributed by atoms with Gasteiger partial charge in [-0.15, -0.1) is 0 Å². The maximum absolute atomic E-state index is 12.3. The van der Waals surface area contributed by atoms with Crippen molar-refractivity contribution >= 4 is 17.3 Å². The lowest BCUT2D eigenvalue weighted by Crippen LogP contribution is -2.22. The van der Waals surface area contributed by atoms with Crippen LogP contribution in [0.5, 0.6) is 11.5 Å². The summed E-state index contributed by atoms with van der Waals surface area (Å²) in [4.78, 5) is 12.3. The molecular weight excluding hydrogens is 344 g/mol. The Bertz CT molecular complexity index is 706. The van der Waals surface area contributed by atoms with Crippen LogP contribution in [0.1, 0.15) is 19.8 Å². The quantitative estimate of drug-likeness (QED) is 0.552. The molecule has 2 aromatic rings. The van der Waals surface area contributed by atoms with Crippen molar-refractivity contribution in [2.45, 2.75) is 19.8 Å². The second-order valence-corrected chi connectivity index (χ2v) is 5.97. The number of benzene rings is 2. The normalized spacial score (nSPS) is 10.3. The number of methoxy groups -OCH3 is 1. The van der Waals surface area contributed by atoms with Gasteiger partial charge in [0, 0.05) is 18.9 Å². The zero-order chi connectivity index (χ0) is 19.3. The summed E-state index contributed by atoms with van der Waals surface area (Å²) < 4.78 is 16.3. The Kier molecular flexibility index (Phi) is 9.00. The first-order valence-electron chi connectivity index (χ1n) is 9.20. The van der Waals surface area contributed by atoms with Crippen LogP contribution in [0.25, 0.3) is 0 Å². The van der Waals surface area contributed by atoms with Crippen LogP contribution < -0.4 is 20.1 Å². The third kappa shape index (κ3) is 7.58. The number of anilines is 2. The molecule has 0 fully saturated rings. The first kappa shape index (κ1) is 20.6. The number of ether oxygens (including phenoxy) is 3. The van der Waals surface area contributed by atoms with Crippen LogP contribution in [0.15, 0.2) is 48.5 Å². The number of hydrogen-bond donors (Lipinski definition) is 2. The predicted molar refractivity (Wildman–Crippen MR) is 108 cm³/mol. The van der Waals surface area contributed by atoms with Crippen LogP contribution in [0, 0.1) is 0 Å². The van der Waals surface area contributed by atoms with E-state index >= 15 is 0 Å². The maximum atomic E-state index is 12.3. The summed E-state index contributed by atoms with van der Waals surface area (Å²) in [7, 11) is 1.63. The van der Waals surface area contributed by atoms with Crippen molar-refractivity contribution < 1.29 is 19.0 Å². The highest BCUT2D eigenvalue weighted by atomic mass is 16.5. The topological polar surface area (TPSA) is 68.8 Å². The van der Waals surface area contributed by atoms with Crippen LogP contribution in [0.4, 0.5) is 11.4 Å². The summed E-state index contributed by atoms with van der Waals surface area (Å²) in [5.41, 5.74) is 1.49. The fourth-order valence-electron chi connectivity index (χ4n) is 2.34. The molecule has 0 aromatic heterocycles. The zero-order valence-electron chi connectivity index (χ0n) is 16.0. The number of amides is 1. The van der Waals surface area contributed by atoms with Gasteiger partial charge in [0.25, 0.3) is 0 Å². The predicted octanol–water partition coefficient (Wildman–Crippen LogP) is 3.94. The molecule has 1 amide bonds. The standard InChI is InChI=1S/C21H28N2O4/c1-3-4-12-27-20-11-6-5-10-19(20)23-21(24)16-22-17-8-7-9-18(15-17)26-14-13-25-2/h5-11,15,22H,3-4,12-14,16H2,1-2H3,(H,23,24). The molecule has 0 bridgehead atoms.